The van der Waals surface area contributed by atoms with Gasteiger partial charge in [0, 0.05) is 29.7 Å². The standard InChI is InChI=1S/C13H10O.C7H5ClN2/c14-13(11-7-3-1-4-8-11)12-9-5-2-6-10-12;8-6-1-2-7-9-3-4-10(7)5-6/h1-10H;1-5H. The van der Waals surface area contributed by atoms with E-state index in [0.717, 1.165) is 21.8 Å². The van der Waals surface area contributed by atoms with Crippen LogP contribution in [0.3, 0.4) is 0 Å². The number of fused-ring (bicyclic) bond motifs is 1. The Morgan fingerprint density at radius 3 is 2.00 bits per heavy atom. The molecule has 0 radical (unpaired) electrons. The van der Waals surface area contributed by atoms with Crippen LogP contribution < -0.4 is 0 Å². The number of hydrogen-bond acceptors (Lipinski definition) is 2. The highest BCUT2D eigenvalue weighted by Crippen LogP contribution is 2.09. The molecule has 0 aliphatic rings. The van der Waals surface area contributed by atoms with Gasteiger partial charge in [-0.1, -0.05) is 72.3 Å². The van der Waals surface area contributed by atoms with E-state index in [1.54, 1.807) is 6.20 Å². The third-order valence-electron chi connectivity index (χ3n) is 3.42. The second-order valence-corrected chi connectivity index (χ2v) is 5.54. The summed E-state index contributed by atoms with van der Waals surface area (Å²) in [5, 5.41) is 0.727. The van der Waals surface area contributed by atoms with Crippen LogP contribution in [-0.4, -0.2) is 15.2 Å². The second kappa shape index (κ2) is 7.57. The molecule has 0 amide bonds. The summed E-state index contributed by atoms with van der Waals surface area (Å²) in [6, 6.07) is 22.3. The fraction of sp³-hybridized carbons (Fsp3) is 0. The number of halogens is 1. The van der Waals surface area contributed by atoms with Crippen molar-refractivity contribution in [1.82, 2.24) is 9.38 Å². The molecule has 0 saturated heterocycles. The van der Waals surface area contributed by atoms with Gasteiger partial charge in [0.25, 0.3) is 0 Å². The fourth-order valence-corrected chi connectivity index (χ4v) is 2.41. The first-order chi connectivity index (χ1) is 11.7. The minimum Gasteiger partial charge on any atom is -0.306 e. The molecule has 0 spiro atoms. The molecule has 4 heteroatoms. The molecule has 0 atom stereocenters. The molecule has 0 unspecified atom stereocenters. The van der Waals surface area contributed by atoms with Crippen molar-refractivity contribution in [1.29, 1.82) is 0 Å². The van der Waals surface area contributed by atoms with Crippen LogP contribution in [0.15, 0.2) is 91.4 Å². The van der Waals surface area contributed by atoms with Gasteiger partial charge in [-0.2, -0.15) is 0 Å². The topological polar surface area (TPSA) is 34.4 Å². The first-order valence-electron chi connectivity index (χ1n) is 7.47. The number of benzene rings is 2. The molecule has 3 nitrogen and oxygen atoms in total. The molecule has 2 aromatic carbocycles. The number of ketones is 1. The highest BCUT2D eigenvalue weighted by Gasteiger charge is 2.06. The first-order valence-corrected chi connectivity index (χ1v) is 7.85. The molecule has 2 aromatic heterocycles. The summed E-state index contributed by atoms with van der Waals surface area (Å²) in [4.78, 5) is 15.9. The predicted octanol–water partition coefficient (Wildman–Crippen LogP) is 4.91. The highest BCUT2D eigenvalue weighted by molar-refractivity contribution is 6.30. The summed E-state index contributed by atoms with van der Waals surface area (Å²) < 4.78 is 1.88. The largest absolute Gasteiger partial charge is 0.306 e. The predicted molar refractivity (Wildman–Crippen MR) is 96.5 cm³/mol. The summed E-state index contributed by atoms with van der Waals surface area (Å²) in [5.74, 6) is 0.0752. The number of aromatic nitrogens is 2. The van der Waals surface area contributed by atoms with Crippen LogP contribution in [0, 0.1) is 0 Å². The van der Waals surface area contributed by atoms with Crippen molar-refractivity contribution in [2.75, 3.05) is 0 Å². The van der Waals surface area contributed by atoms with Crippen molar-refractivity contribution in [3.05, 3.63) is 108 Å². The third kappa shape index (κ3) is 3.89. The zero-order valence-electron chi connectivity index (χ0n) is 12.8. The number of nitrogens with zero attached hydrogens (tertiary/aromatic N) is 2. The number of carbonyl (C=O) groups excluding carboxylic acids is 1. The van der Waals surface area contributed by atoms with E-state index in [-0.39, 0.29) is 5.78 Å². The monoisotopic (exact) mass is 334 g/mol. The van der Waals surface area contributed by atoms with E-state index in [1.807, 2.05) is 89.6 Å². The van der Waals surface area contributed by atoms with Crippen LogP contribution in [0.4, 0.5) is 0 Å². The van der Waals surface area contributed by atoms with Gasteiger partial charge in [0.2, 0.25) is 0 Å². The van der Waals surface area contributed by atoms with Crippen LogP contribution in [0.1, 0.15) is 15.9 Å². The first kappa shape index (κ1) is 16.0. The zero-order chi connectivity index (χ0) is 16.8. The van der Waals surface area contributed by atoms with Crippen LogP contribution >= 0.6 is 11.6 Å². The molecular formula is C20H15ClN2O. The van der Waals surface area contributed by atoms with Crippen LogP contribution in [0.5, 0.6) is 0 Å². The van der Waals surface area contributed by atoms with Gasteiger partial charge in [0.15, 0.2) is 5.78 Å². The Kier molecular flexibility index (Phi) is 5.04. The van der Waals surface area contributed by atoms with Gasteiger partial charge < -0.3 is 4.40 Å². The maximum atomic E-state index is 11.8. The molecular weight excluding hydrogens is 320 g/mol. The van der Waals surface area contributed by atoms with E-state index in [0.29, 0.717) is 0 Å². The molecule has 4 aromatic rings. The molecule has 0 aliphatic heterocycles. The molecule has 0 N–H and O–H groups in total. The van der Waals surface area contributed by atoms with Crippen LogP contribution in [0.2, 0.25) is 5.02 Å². The van der Waals surface area contributed by atoms with Gasteiger partial charge >= 0.3 is 0 Å². The van der Waals surface area contributed by atoms with Crippen molar-refractivity contribution in [2.45, 2.75) is 0 Å². The molecule has 4 rings (SSSR count). The van der Waals surface area contributed by atoms with Gasteiger partial charge in [-0.3, -0.25) is 4.79 Å². The summed E-state index contributed by atoms with van der Waals surface area (Å²) in [6.45, 7) is 0. The lowest BCUT2D eigenvalue weighted by molar-refractivity contribution is 0.103. The van der Waals surface area contributed by atoms with E-state index >= 15 is 0 Å². The zero-order valence-corrected chi connectivity index (χ0v) is 13.6. The van der Waals surface area contributed by atoms with Gasteiger partial charge in [-0.25, -0.2) is 4.98 Å². The van der Waals surface area contributed by atoms with Crippen LogP contribution in [-0.2, 0) is 0 Å². The van der Waals surface area contributed by atoms with E-state index in [2.05, 4.69) is 4.98 Å². The third-order valence-corrected chi connectivity index (χ3v) is 3.65. The van der Waals surface area contributed by atoms with Crippen molar-refractivity contribution < 1.29 is 4.79 Å². The Balaban J connectivity index is 0.000000149. The Morgan fingerprint density at radius 2 is 1.42 bits per heavy atom. The van der Waals surface area contributed by atoms with Gasteiger partial charge in [-0.05, 0) is 12.1 Å². The lowest BCUT2D eigenvalue weighted by atomic mass is 10.0. The average molecular weight is 335 g/mol. The normalized spacial score (nSPS) is 10.0. The fourth-order valence-electron chi connectivity index (χ4n) is 2.24. The molecule has 118 valence electrons. The van der Waals surface area contributed by atoms with Crippen LogP contribution in [0.25, 0.3) is 5.65 Å². The van der Waals surface area contributed by atoms with Crippen molar-refractivity contribution >= 4 is 23.0 Å². The number of hydrogen-bond donors (Lipinski definition) is 0. The number of carbonyl (C=O) groups is 1. The van der Waals surface area contributed by atoms with E-state index in [1.165, 1.54) is 0 Å². The van der Waals surface area contributed by atoms with E-state index < -0.39 is 0 Å². The molecule has 2 heterocycles. The summed E-state index contributed by atoms with van der Waals surface area (Å²) in [7, 11) is 0. The molecule has 0 aliphatic carbocycles. The van der Waals surface area contributed by atoms with Crippen molar-refractivity contribution in [2.24, 2.45) is 0 Å². The van der Waals surface area contributed by atoms with Crippen molar-refractivity contribution in [3.63, 3.8) is 0 Å². The second-order valence-electron chi connectivity index (χ2n) is 5.10. The lowest BCUT2D eigenvalue weighted by Crippen LogP contribution is -1.99. The SMILES string of the molecule is Clc1ccc2nccn2c1.O=C(c1ccccc1)c1ccccc1. The summed E-state index contributed by atoms with van der Waals surface area (Å²) >= 11 is 5.73. The quantitative estimate of drug-likeness (QED) is 0.488. The number of rotatable bonds is 2. The Labute approximate surface area is 145 Å². The Bertz CT molecular complexity index is 892. The van der Waals surface area contributed by atoms with Gasteiger partial charge in [0.05, 0.1) is 5.02 Å². The Hall–Kier alpha value is -2.91. The summed E-state index contributed by atoms with van der Waals surface area (Å²) in [5.41, 5.74) is 2.39. The minimum atomic E-state index is 0.0752. The molecule has 0 saturated carbocycles. The van der Waals surface area contributed by atoms with Gasteiger partial charge in [0.1, 0.15) is 5.65 Å². The number of imidazole rings is 1. The lowest BCUT2D eigenvalue weighted by Gasteiger charge is -1.99. The van der Waals surface area contributed by atoms with E-state index in [9.17, 15) is 4.79 Å². The maximum absolute atomic E-state index is 11.8. The highest BCUT2D eigenvalue weighted by atomic mass is 35.5. The average Bonchev–Trinajstić information content (AvgIpc) is 3.11. The molecule has 0 bridgehead atoms. The molecule has 0 fully saturated rings. The maximum Gasteiger partial charge on any atom is 0.193 e. The van der Waals surface area contributed by atoms with Crippen molar-refractivity contribution in [3.8, 4) is 0 Å². The van der Waals surface area contributed by atoms with Gasteiger partial charge in [-0.15, -0.1) is 0 Å². The Morgan fingerprint density at radius 1 is 0.833 bits per heavy atom. The summed E-state index contributed by atoms with van der Waals surface area (Å²) in [6.07, 6.45) is 5.43. The minimum absolute atomic E-state index is 0.0752. The van der Waals surface area contributed by atoms with E-state index in [4.69, 9.17) is 11.6 Å². The molecule has 24 heavy (non-hydrogen) atoms. The number of pyridine rings is 1. The smallest absolute Gasteiger partial charge is 0.193 e.